The Morgan fingerprint density at radius 2 is 1.74 bits per heavy atom. The Kier molecular flexibility index (Phi) is 4.86. The van der Waals surface area contributed by atoms with Crippen molar-refractivity contribution in [1.29, 1.82) is 0 Å². The number of anilines is 2. The predicted octanol–water partition coefficient (Wildman–Crippen LogP) is 2.26. The highest BCUT2D eigenvalue weighted by Gasteiger charge is 2.26. The molecule has 138 valence electrons. The van der Waals surface area contributed by atoms with Gasteiger partial charge in [0, 0.05) is 13.1 Å². The van der Waals surface area contributed by atoms with Gasteiger partial charge in [0.2, 0.25) is 0 Å². The maximum Gasteiger partial charge on any atom is 0.139 e. The lowest BCUT2D eigenvalue weighted by atomic mass is 10.1. The SMILES string of the molecule is Nc1ncnc(NC2CNCC2O)c1-c1ccc(Oc2ccccc2)cc1. The smallest absolute Gasteiger partial charge is 0.139 e. The Hall–Kier alpha value is -3.16. The van der Waals surface area contributed by atoms with Gasteiger partial charge in [-0.1, -0.05) is 30.3 Å². The molecule has 5 N–H and O–H groups in total. The highest BCUT2D eigenvalue weighted by Crippen LogP contribution is 2.33. The number of para-hydroxylation sites is 1. The molecule has 1 aromatic heterocycles. The third-order valence-electron chi connectivity index (χ3n) is 4.50. The number of aliphatic hydroxyl groups is 1. The van der Waals surface area contributed by atoms with E-state index in [1.807, 2.05) is 54.6 Å². The molecule has 3 aromatic rings. The van der Waals surface area contributed by atoms with Crippen molar-refractivity contribution in [3.05, 3.63) is 60.9 Å². The normalized spacial score (nSPS) is 19.0. The van der Waals surface area contributed by atoms with Crippen LogP contribution in [-0.4, -0.2) is 40.3 Å². The van der Waals surface area contributed by atoms with E-state index in [4.69, 9.17) is 10.5 Å². The number of nitrogens with two attached hydrogens (primary N) is 1. The number of β-amino-alcohol motifs (C(OH)–C–C–N with tert-alkyl or cyclic N) is 1. The highest BCUT2D eigenvalue weighted by molar-refractivity contribution is 5.83. The maximum absolute atomic E-state index is 10.0. The van der Waals surface area contributed by atoms with Crippen LogP contribution in [0.25, 0.3) is 11.1 Å². The Balaban J connectivity index is 1.59. The van der Waals surface area contributed by atoms with Crippen molar-refractivity contribution in [2.45, 2.75) is 12.1 Å². The Bertz CT molecular complexity index is 902. The molecular weight excluding hydrogens is 342 g/mol. The summed E-state index contributed by atoms with van der Waals surface area (Å²) < 4.78 is 5.83. The van der Waals surface area contributed by atoms with Gasteiger partial charge >= 0.3 is 0 Å². The van der Waals surface area contributed by atoms with Crippen LogP contribution in [0, 0.1) is 0 Å². The number of rotatable bonds is 5. The first-order chi connectivity index (χ1) is 13.2. The predicted molar refractivity (Wildman–Crippen MR) is 105 cm³/mol. The first-order valence-corrected chi connectivity index (χ1v) is 8.80. The van der Waals surface area contributed by atoms with Gasteiger partial charge in [-0.05, 0) is 29.8 Å². The standard InChI is InChI=1S/C20H21N5O2/c21-19-18(20(24-12-23-19)25-16-10-22-11-17(16)26)13-6-8-15(9-7-13)27-14-4-2-1-3-5-14/h1-9,12,16-17,22,26H,10-11H2,(H3,21,23,24,25). The summed E-state index contributed by atoms with van der Waals surface area (Å²) in [5.74, 6) is 2.49. The van der Waals surface area contributed by atoms with E-state index in [9.17, 15) is 5.11 Å². The van der Waals surface area contributed by atoms with E-state index < -0.39 is 6.10 Å². The fourth-order valence-corrected chi connectivity index (χ4v) is 3.10. The van der Waals surface area contributed by atoms with Crippen molar-refractivity contribution in [2.75, 3.05) is 24.1 Å². The van der Waals surface area contributed by atoms with E-state index >= 15 is 0 Å². The molecule has 2 heterocycles. The lowest BCUT2D eigenvalue weighted by Crippen LogP contribution is -2.32. The van der Waals surface area contributed by atoms with E-state index in [2.05, 4.69) is 20.6 Å². The van der Waals surface area contributed by atoms with Crippen LogP contribution in [0.1, 0.15) is 0 Å². The minimum absolute atomic E-state index is 0.126. The van der Waals surface area contributed by atoms with Crippen molar-refractivity contribution in [2.24, 2.45) is 0 Å². The fraction of sp³-hybridized carbons (Fsp3) is 0.200. The molecule has 4 rings (SSSR count). The molecule has 7 heteroatoms. The van der Waals surface area contributed by atoms with E-state index in [1.54, 1.807) is 0 Å². The molecule has 2 unspecified atom stereocenters. The van der Waals surface area contributed by atoms with Crippen molar-refractivity contribution < 1.29 is 9.84 Å². The van der Waals surface area contributed by atoms with Gasteiger partial charge in [-0.25, -0.2) is 9.97 Å². The third kappa shape index (κ3) is 3.84. The van der Waals surface area contributed by atoms with Crippen LogP contribution in [0.15, 0.2) is 60.9 Å². The van der Waals surface area contributed by atoms with Crippen molar-refractivity contribution in [1.82, 2.24) is 15.3 Å². The van der Waals surface area contributed by atoms with Crippen LogP contribution in [0.3, 0.4) is 0 Å². The molecular formula is C20H21N5O2. The second kappa shape index (κ2) is 7.61. The van der Waals surface area contributed by atoms with E-state index in [1.165, 1.54) is 6.33 Å². The molecule has 1 aliphatic rings. The molecule has 2 aromatic carbocycles. The summed E-state index contributed by atoms with van der Waals surface area (Å²) in [4.78, 5) is 8.45. The molecule has 2 atom stereocenters. The van der Waals surface area contributed by atoms with Crippen molar-refractivity contribution >= 4 is 11.6 Å². The average Bonchev–Trinajstić information content (AvgIpc) is 3.08. The van der Waals surface area contributed by atoms with Crippen LogP contribution in [0.5, 0.6) is 11.5 Å². The molecule has 0 saturated carbocycles. The molecule has 7 nitrogen and oxygen atoms in total. The summed E-state index contributed by atoms with van der Waals surface area (Å²) in [6, 6.07) is 17.1. The van der Waals surface area contributed by atoms with Crippen LogP contribution in [0.4, 0.5) is 11.6 Å². The molecule has 0 aliphatic carbocycles. The average molecular weight is 363 g/mol. The third-order valence-corrected chi connectivity index (χ3v) is 4.50. The number of hydrogen-bond acceptors (Lipinski definition) is 7. The van der Waals surface area contributed by atoms with Gasteiger partial charge in [0.05, 0.1) is 17.7 Å². The molecule has 1 aliphatic heterocycles. The number of hydrogen-bond donors (Lipinski definition) is 4. The lowest BCUT2D eigenvalue weighted by molar-refractivity contribution is 0.185. The summed E-state index contributed by atoms with van der Waals surface area (Å²) in [5, 5.41) is 16.5. The van der Waals surface area contributed by atoms with Crippen molar-refractivity contribution in [3.63, 3.8) is 0 Å². The number of ether oxygens (including phenoxy) is 1. The quantitative estimate of drug-likeness (QED) is 0.551. The van der Waals surface area contributed by atoms with Crippen LogP contribution >= 0.6 is 0 Å². The van der Waals surface area contributed by atoms with Gasteiger partial charge in [-0.2, -0.15) is 0 Å². The molecule has 1 fully saturated rings. The van der Waals surface area contributed by atoms with Gasteiger partial charge in [-0.15, -0.1) is 0 Å². The second-order valence-electron chi connectivity index (χ2n) is 6.40. The summed E-state index contributed by atoms with van der Waals surface area (Å²) in [6.07, 6.45) is 0.943. The molecule has 0 amide bonds. The number of nitrogens with zero attached hydrogens (tertiary/aromatic N) is 2. The van der Waals surface area contributed by atoms with Crippen molar-refractivity contribution in [3.8, 4) is 22.6 Å². The monoisotopic (exact) mass is 363 g/mol. The number of aromatic nitrogens is 2. The van der Waals surface area contributed by atoms with Crippen LogP contribution < -0.4 is 21.1 Å². The molecule has 0 spiro atoms. The number of nitrogen functional groups attached to an aromatic ring is 1. The first kappa shape index (κ1) is 17.3. The zero-order valence-corrected chi connectivity index (χ0v) is 14.7. The lowest BCUT2D eigenvalue weighted by Gasteiger charge is -2.19. The van der Waals surface area contributed by atoms with Gasteiger partial charge in [0.1, 0.15) is 29.5 Å². The van der Waals surface area contributed by atoms with E-state index in [-0.39, 0.29) is 6.04 Å². The van der Waals surface area contributed by atoms with Crippen LogP contribution in [0.2, 0.25) is 0 Å². The Morgan fingerprint density at radius 3 is 2.44 bits per heavy atom. The van der Waals surface area contributed by atoms with Gasteiger partial charge < -0.3 is 26.2 Å². The van der Waals surface area contributed by atoms with Gasteiger partial charge in [-0.3, -0.25) is 0 Å². The Labute approximate surface area is 157 Å². The fourth-order valence-electron chi connectivity index (χ4n) is 3.10. The Morgan fingerprint density at radius 1 is 1.00 bits per heavy atom. The second-order valence-corrected chi connectivity index (χ2v) is 6.40. The molecule has 0 bridgehead atoms. The molecule has 27 heavy (non-hydrogen) atoms. The summed E-state index contributed by atoms with van der Waals surface area (Å²) >= 11 is 0. The maximum atomic E-state index is 10.0. The summed E-state index contributed by atoms with van der Waals surface area (Å²) in [6.45, 7) is 1.22. The summed E-state index contributed by atoms with van der Waals surface area (Å²) in [7, 11) is 0. The van der Waals surface area contributed by atoms with E-state index in [0.717, 1.165) is 17.1 Å². The largest absolute Gasteiger partial charge is 0.457 e. The van der Waals surface area contributed by atoms with Gasteiger partial charge in [0.25, 0.3) is 0 Å². The highest BCUT2D eigenvalue weighted by atomic mass is 16.5. The topological polar surface area (TPSA) is 105 Å². The minimum atomic E-state index is -0.476. The zero-order chi connectivity index (χ0) is 18.6. The number of benzene rings is 2. The summed E-state index contributed by atoms with van der Waals surface area (Å²) in [5.41, 5.74) is 7.71. The van der Waals surface area contributed by atoms with Crippen LogP contribution in [-0.2, 0) is 0 Å². The molecule has 1 saturated heterocycles. The minimum Gasteiger partial charge on any atom is -0.457 e. The number of aliphatic hydroxyl groups excluding tert-OH is 1. The van der Waals surface area contributed by atoms with Gasteiger partial charge in [0.15, 0.2) is 0 Å². The first-order valence-electron chi connectivity index (χ1n) is 8.80. The molecule has 0 radical (unpaired) electrons. The zero-order valence-electron chi connectivity index (χ0n) is 14.7. The number of nitrogens with one attached hydrogen (secondary N) is 2. The van der Waals surface area contributed by atoms with E-state index in [0.29, 0.717) is 30.3 Å².